The highest BCUT2D eigenvalue weighted by atomic mass is 79.9. The summed E-state index contributed by atoms with van der Waals surface area (Å²) >= 11 is 3.36. The Morgan fingerprint density at radius 3 is 2.33 bits per heavy atom. The Morgan fingerprint density at radius 1 is 0.917 bits per heavy atom. The molecule has 1 N–H and O–H groups in total. The largest absolute Gasteiger partial charge is 0.497 e. The standard InChI is InChI=1S/C28H23BrN2O5/c1-18(35-23-14-10-21(29)11-15-23)27(32)31-30-17-25-24-6-4-3-5-19(24)9-16-26(25)36-28(33)20-7-12-22(34-2)13-8-20/h3-18H,1-2H3,(H,31,32)/b30-17-/t18-/m0/s1. The summed E-state index contributed by atoms with van der Waals surface area (Å²) in [6.07, 6.45) is 0.687. The van der Waals surface area contributed by atoms with Gasteiger partial charge in [0.2, 0.25) is 0 Å². The van der Waals surface area contributed by atoms with Crippen molar-refractivity contribution in [3.05, 3.63) is 101 Å². The molecule has 8 heteroatoms. The molecule has 0 saturated heterocycles. The van der Waals surface area contributed by atoms with Crippen molar-refractivity contribution in [1.82, 2.24) is 5.43 Å². The Bertz CT molecular complexity index is 1400. The number of benzene rings is 4. The fourth-order valence-corrected chi connectivity index (χ4v) is 3.67. The summed E-state index contributed by atoms with van der Waals surface area (Å²) in [6, 6.07) is 25.0. The number of halogens is 1. The maximum atomic E-state index is 12.8. The molecule has 7 nitrogen and oxygen atoms in total. The van der Waals surface area contributed by atoms with Crippen LogP contribution in [-0.4, -0.2) is 31.3 Å². The van der Waals surface area contributed by atoms with Crippen LogP contribution in [0, 0.1) is 0 Å². The van der Waals surface area contributed by atoms with E-state index in [1.165, 1.54) is 6.21 Å². The van der Waals surface area contributed by atoms with Crippen molar-refractivity contribution in [2.45, 2.75) is 13.0 Å². The number of methoxy groups -OCH3 is 1. The third-order valence-corrected chi connectivity index (χ3v) is 5.85. The molecule has 36 heavy (non-hydrogen) atoms. The fourth-order valence-electron chi connectivity index (χ4n) is 3.41. The van der Waals surface area contributed by atoms with Gasteiger partial charge in [0, 0.05) is 10.0 Å². The van der Waals surface area contributed by atoms with E-state index in [4.69, 9.17) is 14.2 Å². The summed E-state index contributed by atoms with van der Waals surface area (Å²) in [5.41, 5.74) is 3.42. The molecule has 0 heterocycles. The van der Waals surface area contributed by atoms with Gasteiger partial charge in [0.1, 0.15) is 17.2 Å². The van der Waals surface area contributed by atoms with Crippen molar-refractivity contribution in [2.75, 3.05) is 7.11 Å². The highest BCUT2D eigenvalue weighted by Gasteiger charge is 2.16. The van der Waals surface area contributed by atoms with Gasteiger partial charge in [-0.2, -0.15) is 5.10 Å². The number of carbonyl (C=O) groups is 2. The van der Waals surface area contributed by atoms with Crippen LogP contribution >= 0.6 is 15.9 Å². The van der Waals surface area contributed by atoms with Crippen molar-refractivity contribution in [3.63, 3.8) is 0 Å². The minimum Gasteiger partial charge on any atom is -0.497 e. The lowest BCUT2D eigenvalue weighted by Crippen LogP contribution is -2.33. The average molecular weight is 547 g/mol. The van der Waals surface area contributed by atoms with E-state index < -0.39 is 18.0 Å². The topological polar surface area (TPSA) is 86.2 Å². The van der Waals surface area contributed by atoms with Gasteiger partial charge >= 0.3 is 5.97 Å². The van der Waals surface area contributed by atoms with Crippen LogP contribution in [0.15, 0.2) is 94.5 Å². The number of rotatable bonds is 8. The van der Waals surface area contributed by atoms with Gasteiger partial charge in [-0.15, -0.1) is 0 Å². The van der Waals surface area contributed by atoms with Gasteiger partial charge in [0.05, 0.1) is 18.9 Å². The first kappa shape index (κ1) is 24.9. The molecule has 4 rings (SSSR count). The minimum absolute atomic E-state index is 0.312. The zero-order chi connectivity index (χ0) is 25.5. The van der Waals surface area contributed by atoms with Crippen LogP contribution in [-0.2, 0) is 4.79 Å². The number of hydrazone groups is 1. The molecule has 0 spiro atoms. The summed E-state index contributed by atoms with van der Waals surface area (Å²) in [6.45, 7) is 1.63. The van der Waals surface area contributed by atoms with Gasteiger partial charge in [-0.25, -0.2) is 10.2 Å². The second-order valence-corrected chi connectivity index (χ2v) is 8.68. The molecule has 0 unspecified atom stereocenters. The maximum Gasteiger partial charge on any atom is 0.343 e. The van der Waals surface area contributed by atoms with Gasteiger partial charge < -0.3 is 14.2 Å². The summed E-state index contributed by atoms with van der Waals surface area (Å²) in [5.74, 6) is 0.562. The SMILES string of the molecule is COc1ccc(C(=O)Oc2ccc3ccccc3c2/C=N\NC(=O)[C@H](C)Oc2ccc(Br)cc2)cc1. The van der Waals surface area contributed by atoms with Crippen molar-refractivity contribution in [3.8, 4) is 17.2 Å². The van der Waals surface area contributed by atoms with Gasteiger partial charge in [-0.05, 0) is 72.3 Å². The average Bonchev–Trinajstić information content (AvgIpc) is 2.90. The Kier molecular flexibility index (Phi) is 7.97. The van der Waals surface area contributed by atoms with E-state index >= 15 is 0 Å². The Labute approximate surface area is 216 Å². The molecule has 1 atom stereocenters. The number of hydrogen-bond acceptors (Lipinski definition) is 6. The molecule has 182 valence electrons. The molecular formula is C28H23BrN2O5. The highest BCUT2D eigenvalue weighted by Crippen LogP contribution is 2.27. The molecule has 0 radical (unpaired) electrons. The normalized spacial score (nSPS) is 11.8. The lowest BCUT2D eigenvalue weighted by molar-refractivity contribution is -0.127. The number of carbonyl (C=O) groups excluding carboxylic acids is 2. The molecule has 0 aromatic heterocycles. The lowest BCUT2D eigenvalue weighted by atomic mass is 10.0. The Hall–Kier alpha value is -4.17. The van der Waals surface area contributed by atoms with E-state index in [-0.39, 0.29) is 0 Å². The van der Waals surface area contributed by atoms with Crippen LogP contribution in [0.4, 0.5) is 0 Å². The van der Waals surface area contributed by atoms with Crippen LogP contribution < -0.4 is 19.6 Å². The number of ether oxygens (including phenoxy) is 3. The second-order valence-electron chi connectivity index (χ2n) is 7.76. The smallest absolute Gasteiger partial charge is 0.343 e. The van der Waals surface area contributed by atoms with Crippen LogP contribution in [0.1, 0.15) is 22.8 Å². The summed E-state index contributed by atoms with van der Waals surface area (Å²) in [7, 11) is 1.56. The van der Waals surface area contributed by atoms with Gasteiger partial charge in [0.25, 0.3) is 5.91 Å². The van der Waals surface area contributed by atoms with E-state index in [0.717, 1.165) is 15.2 Å². The molecule has 4 aromatic carbocycles. The zero-order valence-electron chi connectivity index (χ0n) is 19.6. The molecule has 1 amide bonds. The molecule has 0 aliphatic heterocycles. The van der Waals surface area contributed by atoms with E-state index in [2.05, 4.69) is 26.5 Å². The first-order valence-corrected chi connectivity index (χ1v) is 11.9. The number of nitrogens with zero attached hydrogens (tertiary/aromatic N) is 1. The van der Waals surface area contributed by atoms with Crippen LogP contribution in [0.3, 0.4) is 0 Å². The second kappa shape index (κ2) is 11.5. The summed E-state index contributed by atoms with van der Waals surface area (Å²) in [5, 5.41) is 5.86. The minimum atomic E-state index is -0.775. The van der Waals surface area contributed by atoms with Crippen molar-refractivity contribution >= 4 is 44.8 Å². The number of hydrogen-bond donors (Lipinski definition) is 1. The third-order valence-electron chi connectivity index (χ3n) is 5.32. The fraction of sp³-hybridized carbons (Fsp3) is 0.107. The van der Waals surface area contributed by atoms with E-state index in [1.54, 1.807) is 56.5 Å². The predicted octanol–water partition coefficient (Wildman–Crippen LogP) is 5.75. The third kappa shape index (κ3) is 6.09. The van der Waals surface area contributed by atoms with Gasteiger partial charge in [-0.1, -0.05) is 46.3 Å². The molecule has 4 aromatic rings. The monoisotopic (exact) mass is 546 g/mol. The summed E-state index contributed by atoms with van der Waals surface area (Å²) < 4.78 is 17.4. The lowest BCUT2D eigenvalue weighted by Gasteiger charge is -2.13. The Balaban J connectivity index is 1.52. The van der Waals surface area contributed by atoms with Crippen molar-refractivity contribution in [2.24, 2.45) is 5.10 Å². The number of nitrogens with one attached hydrogen (secondary N) is 1. The Morgan fingerprint density at radius 2 is 1.61 bits per heavy atom. The maximum absolute atomic E-state index is 12.8. The molecule has 0 saturated carbocycles. The van der Waals surface area contributed by atoms with E-state index in [1.807, 2.05) is 42.5 Å². The zero-order valence-corrected chi connectivity index (χ0v) is 21.2. The quantitative estimate of drug-likeness (QED) is 0.132. The van der Waals surface area contributed by atoms with Crippen molar-refractivity contribution < 1.29 is 23.8 Å². The molecular weight excluding hydrogens is 524 g/mol. The predicted molar refractivity (Wildman–Crippen MR) is 142 cm³/mol. The van der Waals surface area contributed by atoms with Crippen molar-refractivity contribution in [1.29, 1.82) is 0 Å². The van der Waals surface area contributed by atoms with E-state index in [9.17, 15) is 9.59 Å². The summed E-state index contributed by atoms with van der Waals surface area (Å²) in [4.78, 5) is 25.3. The van der Waals surface area contributed by atoms with Crippen LogP contribution in [0.5, 0.6) is 17.2 Å². The van der Waals surface area contributed by atoms with Gasteiger partial charge in [0.15, 0.2) is 6.10 Å². The number of fused-ring (bicyclic) bond motifs is 1. The number of amides is 1. The first-order valence-electron chi connectivity index (χ1n) is 11.1. The molecule has 0 aliphatic carbocycles. The van der Waals surface area contributed by atoms with Gasteiger partial charge in [-0.3, -0.25) is 4.79 Å². The molecule has 0 bridgehead atoms. The number of esters is 1. The highest BCUT2D eigenvalue weighted by molar-refractivity contribution is 9.10. The van der Waals surface area contributed by atoms with E-state index in [0.29, 0.717) is 28.4 Å². The molecule has 0 aliphatic rings. The first-order chi connectivity index (χ1) is 17.4. The van der Waals surface area contributed by atoms with Crippen LogP contribution in [0.25, 0.3) is 10.8 Å². The van der Waals surface area contributed by atoms with Crippen LogP contribution in [0.2, 0.25) is 0 Å². The molecule has 0 fully saturated rings.